The fourth-order valence-corrected chi connectivity index (χ4v) is 2.89. The highest BCUT2D eigenvalue weighted by Gasteiger charge is 2.14. The Balaban J connectivity index is 1.93. The number of anilines is 2. The topological polar surface area (TPSA) is 84.3 Å². The van der Waals surface area contributed by atoms with Gasteiger partial charge in [0, 0.05) is 17.4 Å². The summed E-state index contributed by atoms with van der Waals surface area (Å²) in [4.78, 5) is 20.3. The minimum absolute atomic E-state index is 0.108. The minimum atomic E-state index is -1.04. The fraction of sp³-hybridized carbons (Fsp3) is 0.190. The van der Waals surface area contributed by atoms with Crippen LogP contribution in [-0.2, 0) is 0 Å². The second-order valence-electron chi connectivity index (χ2n) is 6.22. The van der Waals surface area contributed by atoms with Crippen molar-refractivity contribution in [1.82, 2.24) is 9.97 Å². The second kappa shape index (κ2) is 7.86. The summed E-state index contributed by atoms with van der Waals surface area (Å²) in [7, 11) is 0. The molecular formula is C21H21N3O3. The van der Waals surface area contributed by atoms with Crippen LogP contribution in [0.4, 0.5) is 11.6 Å². The summed E-state index contributed by atoms with van der Waals surface area (Å²) in [5.74, 6) is -0.248. The van der Waals surface area contributed by atoms with Crippen molar-refractivity contribution in [2.75, 3.05) is 11.9 Å². The van der Waals surface area contributed by atoms with Crippen LogP contribution in [0.3, 0.4) is 0 Å². The van der Waals surface area contributed by atoms with Gasteiger partial charge in [-0.05, 0) is 68.3 Å². The molecule has 0 amide bonds. The third kappa shape index (κ3) is 4.41. The number of carboxylic acids is 1. The molecule has 0 radical (unpaired) electrons. The van der Waals surface area contributed by atoms with Crippen molar-refractivity contribution in [1.29, 1.82) is 0 Å². The molecule has 2 N–H and O–H groups in total. The number of aromatic nitrogens is 2. The smallest absolute Gasteiger partial charge is 0.339 e. The lowest BCUT2D eigenvalue weighted by atomic mass is 10.1. The van der Waals surface area contributed by atoms with Gasteiger partial charge in [0.2, 0.25) is 5.95 Å². The van der Waals surface area contributed by atoms with Crippen LogP contribution in [0.25, 0.3) is 11.3 Å². The maximum atomic E-state index is 11.5. The van der Waals surface area contributed by atoms with Gasteiger partial charge in [0.1, 0.15) is 11.3 Å². The Hall–Kier alpha value is -3.41. The summed E-state index contributed by atoms with van der Waals surface area (Å²) in [6.45, 7) is 6.28. The number of benzene rings is 2. The van der Waals surface area contributed by atoms with Gasteiger partial charge >= 0.3 is 5.97 Å². The molecule has 3 rings (SSSR count). The highest BCUT2D eigenvalue weighted by molar-refractivity contribution is 5.92. The fourth-order valence-electron chi connectivity index (χ4n) is 2.89. The maximum Gasteiger partial charge on any atom is 0.339 e. The molecule has 0 spiro atoms. The second-order valence-corrected chi connectivity index (χ2v) is 6.22. The zero-order valence-electron chi connectivity index (χ0n) is 15.5. The third-order valence-electron chi connectivity index (χ3n) is 3.94. The van der Waals surface area contributed by atoms with Crippen LogP contribution in [0.15, 0.2) is 48.7 Å². The molecule has 0 aliphatic rings. The van der Waals surface area contributed by atoms with Crippen molar-refractivity contribution in [2.24, 2.45) is 0 Å². The highest BCUT2D eigenvalue weighted by atomic mass is 16.5. The number of hydrogen-bond acceptors (Lipinski definition) is 5. The number of rotatable bonds is 6. The number of carbonyl (C=O) groups is 1. The van der Waals surface area contributed by atoms with Crippen LogP contribution in [0.1, 0.15) is 28.4 Å². The maximum absolute atomic E-state index is 11.5. The van der Waals surface area contributed by atoms with E-state index >= 15 is 0 Å². The summed E-state index contributed by atoms with van der Waals surface area (Å²) >= 11 is 0. The molecular weight excluding hydrogens is 342 g/mol. The number of aryl methyl sites for hydroxylation is 2. The predicted molar refractivity (Wildman–Crippen MR) is 105 cm³/mol. The zero-order chi connectivity index (χ0) is 19.4. The molecule has 0 unspecified atom stereocenters. The van der Waals surface area contributed by atoms with Crippen LogP contribution in [0, 0.1) is 13.8 Å². The van der Waals surface area contributed by atoms with E-state index < -0.39 is 5.97 Å². The number of carboxylic acid groups (broad SMARTS) is 1. The van der Waals surface area contributed by atoms with Gasteiger partial charge in [-0.3, -0.25) is 0 Å². The summed E-state index contributed by atoms with van der Waals surface area (Å²) < 4.78 is 5.39. The quantitative estimate of drug-likeness (QED) is 0.666. The van der Waals surface area contributed by atoms with Crippen LogP contribution >= 0.6 is 0 Å². The number of nitrogens with zero attached hydrogens (tertiary/aromatic N) is 2. The predicted octanol–water partition coefficient (Wildman–Crippen LogP) is 4.60. The van der Waals surface area contributed by atoms with Gasteiger partial charge in [0.05, 0.1) is 12.3 Å². The van der Waals surface area contributed by atoms with E-state index in [-0.39, 0.29) is 5.56 Å². The molecule has 138 valence electrons. The molecule has 0 atom stereocenters. The summed E-state index contributed by atoms with van der Waals surface area (Å²) in [6, 6.07) is 12.9. The lowest BCUT2D eigenvalue weighted by Gasteiger charge is -2.11. The minimum Gasteiger partial charge on any atom is -0.493 e. The van der Waals surface area contributed by atoms with Gasteiger partial charge in [0.25, 0.3) is 0 Å². The summed E-state index contributed by atoms with van der Waals surface area (Å²) in [5, 5.41) is 12.6. The van der Waals surface area contributed by atoms with Gasteiger partial charge in [-0.2, -0.15) is 0 Å². The average molecular weight is 363 g/mol. The van der Waals surface area contributed by atoms with Crippen molar-refractivity contribution >= 4 is 17.6 Å². The van der Waals surface area contributed by atoms with Gasteiger partial charge in [-0.25, -0.2) is 14.8 Å². The van der Waals surface area contributed by atoms with E-state index in [9.17, 15) is 9.90 Å². The van der Waals surface area contributed by atoms with Crippen molar-refractivity contribution < 1.29 is 14.6 Å². The monoisotopic (exact) mass is 363 g/mol. The number of hydrogen-bond donors (Lipinski definition) is 2. The first-order valence-corrected chi connectivity index (χ1v) is 8.65. The molecule has 6 nitrogen and oxygen atoms in total. The van der Waals surface area contributed by atoms with Gasteiger partial charge < -0.3 is 15.2 Å². The van der Waals surface area contributed by atoms with E-state index in [1.54, 1.807) is 30.5 Å². The number of nitrogens with one attached hydrogen (secondary N) is 1. The van der Waals surface area contributed by atoms with E-state index in [0.717, 1.165) is 16.8 Å². The van der Waals surface area contributed by atoms with Gasteiger partial charge in [0.15, 0.2) is 0 Å². The van der Waals surface area contributed by atoms with Gasteiger partial charge in [-0.1, -0.05) is 6.07 Å². The Morgan fingerprint density at radius 3 is 2.52 bits per heavy atom. The molecule has 2 aromatic carbocycles. The first-order valence-electron chi connectivity index (χ1n) is 8.65. The molecule has 0 saturated carbocycles. The van der Waals surface area contributed by atoms with Crippen molar-refractivity contribution in [2.45, 2.75) is 20.8 Å². The molecule has 1 aromatic heterocycles. The molecule has 0 aliphatic carbocycles. The van der Waals surface area contributed by atoms with Crippen LogP contribution < -0.4 is 10.1 Å². The lowest BCUT2D eigenvalue weighted by Crippen LogP contribution is -2.03. The molecule has 0 aliphatic heterocycles. The number of aromatic carboxylic acids is 1. The molecule has 0 bridgehead atoms. The van der Waals surface area contributed by atoms with Crippen molar-refractivity contribution in [3.63, 3.8) is 0 Å². The zero-order valence-corrected chi connectivity index (χ0v) is 15.5. The summed E-state index contributed by atoms with van der Waals surface area (Å²) in [6.07, 6.45) is 1.64. The normalized spacial score (nSPS) is 10.5. The van der Waals surface area contributed by atoms with Crippen LogP contribution in [-0.4, -0.2) is 27.7 Å². The summed E-state index contributed by atoms with van der Waals surface area (Å²) in [5.41, 5.74) is 4.61. The van der Waals surface area contributed by atoms with Crippen LogP contribution in [0.5, 0.6) is 5.75 Å². The Bertz CT molecular complexity index is 966. The molecule has 0 fully saturated rings. The van der Waals surface area contributed by atoms with Gasteiger partial charge in [-0.15, -0.1) is 0 Å². The molecule has 0 saturated heterocycles. The van der Waals surface area contributed by atoms with E-state index in [1.807, 2.05) is 32.9 Å². The first-order chi connectivity index (χ1) is 13.0. The molecule has 6 heteroatoms. The van der Waals surface area contributed by atoms with Crippen LogP contribution in [0.2, 0.25) is 0 Å². The third-order valence-corrected chi connectivity index (χ3v) is 3.94. The van der Waals surface area contributed by atoms with E-state index in [4.69, 9.17) is 4.74 Å². The first kappa shape index (κ1) is 18.4. The largest absolute Gasteiger partial charge is 0.493 e. The Morgan fingerprint density at radius 1 is 1.11 bits per heavy atom. The van der Waals surface area contributed by atoms with E-state index in [1.165, 1.54) is 0 Å². The van der Waals surface area contributed by atoms with Crippen molar-refractivity contribution in [3.8, 4) is 17.0 Å². The van der Waals surface area contributed by atoms with E-state index in [0.29, 0.717) is 29.6 Å². The Labute approximate surface area is 157 Å². The highest BCUT2D eigenvalue weighted by Crippen LogP contribution is 2.27. The van der Waals surface area contributed by atoms with Crippen molar-refractivity contribution in [3.05, 3.63) is 65.4 Å². The standard InChI is InChI=1S/C21H21N3O3/c1-4-27-19-6-5-15(12-17(19)20(25)26)18-7-8-22-21(24-18)23-16-10-13(2)9-14(3)11-16/h5-12H,4H2,1-3H3,(H,25,26)(H,22,23,24). The Kier molecular flexibility index (Phi) is 5.35. The lowest BCUT2D eigenvalue weighted by molar-refractivity contribution is 0.0692. The average Bonchev–Trinajstić information content (AvgIpc) is 2.61. The SMILES string of the molecule is CCOc1ccc(-c2ccnc(Nc3cc(C)cc(C)c3)n2)cc1C(=O)O. The number of ether oxygens (including phenoxy) is 1. The molecule has 3 aromatic rings. The molecule has 1 heterocycles. The Morgan fingerprint density at radius 2 is 1.85 bits per heavy atom. The molecule has 27 heavy (non-hydrogen) atoms. The van der Waals surface area contributed by atoms with E-state index in [2.05, 4.69) is 21.4 Å².